The Hall–Kier alpha value is -5.13. The van der Waals surface area contributed by atoms with Crippen LogP contribution in [0.2, 0.25) is 0 Å². The van der Waals surface area contributed by atoms with Crippen molar-refractivity contribution in [2.75, 3.05) is 45.3 Å². The Kier molecular flexibility index (Phi) is 9.81. The molecule has 2 amide bonds. The van der Waals surface area contributed by atoms with Gasteiger partial charge >= 0.3 is 5.97 Å². The van der Waals surface area contributed by atoms with E-state index < -0.39 is 22.8 Å². The normalized spacial score (nSPS) is 13.9. The second-order valence-corrected chi connectivity index (χ2v) is 10.2. The van der Waals surface area contributed by atoms with Gasteiger partial charge in [-0.25, -0.2) is 0 Å². The second-order valence-electron chi connectivity index (χ2n) is 10.2. The van der Waals surface area contributed by atoms with Gasteiger partial charge in [-0.05, 0) is 49.2 Å². The summed E-state index contributed by atoms with van der Waals surface area (Å²) < 4.78 is 10.6. The molecular formula is C31H34N4O8. The molecule has 0 bridgehead atoms. The van der Waals surface area contributed by atoms with Crippen LogP contribution in [0.25, 0.3) is 0 Å². The molecule has 0 aromatic heterocycles. The first-order valence-corrected chi connectivity index (χ1v) is 13.7. The van der Waals surface area contributed by atoms with Crippen molar-refractivity contribution < 1.29 is 33.9 Å². The molecule has 1 heterocycles. The van der Waals surface area contributed by atoms with Crippen molar-refractivity contribution in [3.8, 4) is 11.5 Å². The largest absolute Gasteiger partial charge is 0.493 e. The number of hydrogen-bond acceptors (Lipinski definition) is 8. The molecule has 1 saturated heterocycles. The average Bonchev–Trinajstić information content (AvgIpc) is 3.26. The van der Waals surface area contributed by atoms with E-state index >= 15 is 0 Å². The minimum atomic E-state index is -1.09. The van der Waals surface area contributed by atoms with E-state index in [1.807, 2.05) is 24.0 Å². The molecule has 0 radical (unpaired) electrons. The van der Waals surface area contributed by atoms with E-state index in [4.69, 9.17) is 9.47 Å². The van der Waals surface area contributed by atoms with E-state index in [2.05, 4.69) is 5.32 Å². The van der Waals surface area contributed by atoms with Crippen LogP contribution >= 0.6 is 0 Å². The summed E-state index contributed by atoms with van der Waals surface area (Å²) in [5, 5.41) is 24.2. The summed E-state index contributed by atoms with van der Waals surface area (Å²) in [6.07, 6.45) is 0.229. The summed E-state index contributed by atoms with van der Waals surface area (Å²) in [6, 6.07) is 15.5. The van der Waals surface area contributed by atoms with E-state index in [1.165, 1.54) is 32.4 Å². The van der Waals surface area contributed by atoms with Crippen molar-refractivity contribution in [1.82, 2.24) is 10.2 Å². The molecule has 0 saturated carbocycles. The minimum absolute atomic E-state index is 0.0398. The Morgan fingerprint density at radius 1 is 0.930 bits per heavy atom. The summed E-state index contributed by atoms with van der Waals surface area (Å²) in [4.78, 5) is 53.0. The van der Waals surface area contributed by atoms with E-state index in [-0.39, 0.29) is 23.6 Å². The maximum Gasteiger partial charge on any atom is 0.305 e. The highest BCUT2D eigenvalue weighted by atomic mass is 16.6. The SMILES string of the molecule is COc1ccc(C(=O)N2CCCN(c3ccc(C(=O)NC(CC(=O)O)c4ccc(C)cc4)cc3[N+](=O)[O-])CC2)cc1OC. The fourth-order valence-electron chi connectivity index (χ4n) is 5.06. The van der Waals surface area contributed by atoms with Crippen molar-refractivity contribution in [2.24, 2.45) is 0 Å². The van der Waals surface area contributed by atoms with Gasteiger partial charge in [0, 0.05) is 43.4 Å². The molecule has 0 spiro atoms. The van der Waals surface area contributed by atoms with E-state index in [1.54, 1.807) is 35.2 Å². The molecule has 226 valence electrons. The number of benzene rings is 3. The second kappa shape index (κ2) is 13.7. The molecule has 1 aliphatic heterocycles. The highest BCUT2D eigenvalue weighted by molar-refractivity contribution is 5.96. The maximum absolute atomic E-state index is 13.3. The van der Waals surface area contributed by atoms with Gasteiger partial charge in [0.15, 0.2) is 11.5 Å². The summed E-state index contributed by atoms with van der Waals surface area (Å²) in [6.45, 7) is 3.50. The summed E-state index contributed by atoms with van der Waals surface area (Å²) in [7, 11) is 3.01. The number of carbonyl (C=O) groups is 3. The van der Waals surface area contributed by atoms with Crippen LogP contribution in [-0.2, 0) is 4.79 Å². The maximum atomic E-state index is 13.3. The summed E-state index contributed by atoms with van der Waals surface area (Å²) in [5.41, 5.74) is 2.17. The number of aliphatic carboxylic acids is 1. The Bertz CT molecular complexity index is 1510. The van der Waals surface area contributed by atoms with Gasteiger partial charge in [0.05, 0.1) is 31.6 Å². The number of nitrogens with one attached hydrogen (secondary N) is 1. The van der Waals surface area contributed by atoms with Crippen LogP contribution in [0.3, 0.4) is 0 Å². The fourth-order valence-corrected chi connectivity index (χ4v) is 5.06. The number of hydrogen-bond donors (Lipinski definition) is 2. The highest BCUT2D eigenvalue weighted by Crippen LogP contribution is 2.32. The van der Waals surface area contributed by atoms with Gasteiger partial charge in [-0.3, -0.25) is 24.5 Å². The molecule has 12 heteroatoms. The van der Waals surface area contributed by atoms with Gasteiger partial charge in [0.2, 0.25) is 0 Å². The summed E-state index contributed by atoms with van der Waals surface area (Å²) in [5.74, 6) is -0.944. The van der Waals surface area contributed by atoms with E-state index in [0.29, 0.717) is 60.9 Å². The predicted octanol–water partition coefficient (Wildman–Crippen LogP) is 4.22. The Morgan fingerprint density at radius 3 is 2.28 bits per heavy atom. The number of aryl methyl sites for hydroxylation is 1. The highest BCUT2D eigenvalue weighted by Gasteiger charge is 2.27. The molecule has 1 atom stereocenters. The monoisotopic (exact) mass is 590 g/mol. The zero-order valence-corrected chi connectivity index (χ0v) is 24.2. The molecule has 1 fully saturated rings. The van der Waals surface area contributed by atoms with Gasteiger partial charge in [-0.2, -0.15) is 0 Å². The average molecular weight is 591 g/mol. The first-order valence-electron chi connectivity index (χ1n) is 13.7. The van der Waals surface area contributed by atoms with Crippen LogP contribution < -0.4 is 19.7 Å². The predicted molar refractivity (Wildman–Crippen MR) is 159 cm³/mol. The number of methoxy groups -OCH3 is 2. The molecule has 43 heavy (non-hydrogen) atoms. The number of anilines is 1. The Morgan fingerprint density at radius 2 is 1.63 bits per heavy atom. The van der Waals surface area contributed by atoms with Gasteiger partial charge in [0.25, 0.3) is 17.5 Å². The van der Waals surface area contributed by atoms with Crippen LogP contribution in [-0.4, -0.2) is 73.1 Å². The van der Waals surface area contributed by atoms with Gasteiger partial charge in [-0.1, -0.05) is 29.8 Å². The molecule has 1 aliphatic rings. The molecule has 1 unspecified atom stereocenters. The lowest BCUT2D eigenvalue weighted by molar-refractivity contribution is -0.384. The first kappa shape index (κ1) is 30.8. The number of nitro groups is 1. The number of nitrogens with zero attached hydrogens (tertiary/aromatic N) is 3. The third kappa shape index (κ3) is 7.39. The van der Waals surface area contributed by atoms with Crippen molar-refractivity contribution in [3.05, 3.63) is 93.0 Å². The quantitative estimate of drug-likeness (QED) is 0.261. The van der Waals surface area contributed by atoms with Crippen LogP contribution in [0.1, 0.15) is 50.7 Å². The number of ether oxygens (including phenoxy) is 2. The van der Waals surface area contributed by atoms with Crippen LogP contribution in [0, 0.1) is 17.0 Å². The molecule has 4 rings (SSSR count). The number of carboxylic acid groups (broad SMARTS) is 1. The number of carbonyl (C=O) groups excluding carboxylic acids is 2. The minimum Gasteiger partial charge on any atom is -0.493 e. The topological polar surface area (TPSA) is 152 Å². The zero-order valence-electron chi connectivity index (χ0n) is 24.2. The lowest BCUT2D eigenvalue weighted by atomic mass is 10.0. The molecule has 2 N–H and O–H groups in total. The molecule has 0 aliphatic carbocycles. The summed E-state index contributed by atoms with van der Waals surface area (Å²) >= 11 is 0. The Labute approximate surface area is 249 Å². The molecule has 3 aromatic carbocycles. The number of carboxylic acids is 1. The third-order valence-electron chi connectivity index (χ3n) is 7.35. The van der Waals surface area contributed by atoms with Gasteiger partial charge < -0.3 is 29.7 Å². The van der Waals surface area contributed by atoms with Crippen LogP contribution in [0.5, 0.6) is 11.5 Å². The standard InChI is InChI=1S/C31H34N4O8/c1-20-5-7-21(8-6-20)24(19-29(36)37)32-30(38)22-9-11-25(26(17-22)35(40)41)33-13-4-14-34(16-15-33)31(39)23-10-12-27(42-2)28(18-23)43-3/h5-12,17-18,24H,4,13-16,19H2,1-3H3,(H,32,38)(H,36,37). The molecule has 12 nitrogen and oxygen atoms in total. The first-order chi connectivity index (χ1) is 20.6. The van der Waals surface area contributed by atoms with Crippen LogP contribution in [0.4, 0.5) is 11.4 Å². The fraction of sp³-hybridized carbons (Fsp3) is 0.323. The smallest absolute Gasteiger partial charge is 0.305 e. The van der Waals surface area contributed by atoms with Gasteiger partial charge in [-0.15, -0.1) is 0 Å². The van der Waals surface area contributed by atoms with E-state index in [0.717, 1.165) is 5.56 Å². The lowest BCUT2D eigenvalue weighted by Crippen LogP contribution is -2.35. The Balaban J connectivity index is 1.50. The van der Waals surface area contributed by atoms with Crippen molar-refractivity contribution in [2.45, 2.75) is 25.8 Å². The lowest BCUT2D eigenvalue weighted by Gasteiger charge is -2.24. The number of nitro benzene ring substituents is 1. The number of amides is 2. The number of rotatable bonds is 10. The van der Waals surface area contributed by atoms with Crippen LogP contribution in [0.15, 0.2) is 60.7 Å². The van der Waals surface area contributed by atoms with Crippen molar-refractivity contribution in [1.29, 1.82) is 0 Å². The molecule has 3 aromatic rings. The third-order valence-corrected chi connectivity index (χ3v) is 7.35. The zero-order chi connectivity index (χ0) is 31.1. The van der Waals surface area contributed by atoms with Crippen molar-refractivity contribution >= 4 is 29.2 Å². The molecular weight excluding hydrogens is 556 g/mol. The van der Waals surface area contributed by atoms with Gasteiger partial charge in [0.1, 0.15) is 5.69 Å². The van der Waals surface area contributed by atoms with Crippen molar-refractivity contribution in [3.63, 3.8) is 0 Å². The van der Waals surface area contributed by atoms with E-state index in [9.17, 15) is 29.6 Å².